The van der Waals surface area contributed by atoms with E-state index >= 15 is 4.39 Å². The van der Waals surface area contributed by atoms with E-state index < -0.39 is 81.2 Å². The second kappa shape index (κ2) is 10.1. The number of phenols is 1. The Morgan fingerprint density at radius 3 is 2.22 bits per heavy atom. The predicted octanol–water partition coefficient (Wildman–Crippen LogP) is -0.331. The van der Waals surface area contributed by atoms with Crippen LogP contribution in [0, 0.1) is 17.7 Å². The number of phenolic OH excluding ortho intramolecular Hbond substituents is 1. The van der Waals surface area contributed by atoms with E-state index in [0.29, 0.717) is 0 Å². The zero-order valence-electron chi connectivity index (χ0n) is 23.6. The Morgan fingerprint density at radius 1 is 1.10 bits per heavy atom. The number of anilines is 2. The zero-order valence-corrected chi connectivity index (χ0v) is 23.6. The smallest absolute Gasteiger partial charge is 0.255 e. The van der Waals surface area contributed by atoms with Crippen LogP contribution in [-0.2, 0) is 25.6 Å². The molecular formula is C27H34FN5O8. The number of aromatic hydroxyl groups is 1. The minimum absolute atomic E-state index is 0.0560. The highest BCUT2D eigenvalue weighted by atomic mass is 19.1. The number of carbonyl (C=O) groups is 4. The molecule has 222 valence electrons. The summed E-state index contributed by atoms with van der Waals surface area (Å²) in [6.45, 7) is -0.144. The van der Waals surface area contributed by atoms with Gasteiger partial charge in [0.15, 0.2) is 23.0 Å². The van der Waals surface area contributed by atoms with Gasteiger partial charge in [-0.3, -0.25) is 24.1 Å². The van der Waals surface area contributed by atoms with Crippen LogP contribution in [0.1, 0.15) is 17.5 Å². The highest BCUT2D eigenvalue weighted by molar-refractivity contribution is 6.24. The van der Waals surface area contributed by atoms with Crippen molar-refractivity contribution in [3.8, 4) is 5.75 Å². The Kier molecular flexibility index (Phi) is 7.39. The molecule has 13 nitrogen and oxygen atoms in total. The molecule has 2 amide bonds. The number of amides is 2. The number of hydrogen-bond acceptors (Lipinski definition) is 11. The van der Waals surface area contributed by atoms with Crippen LogP contribution in [-0.4, -0.2) is 114 Å². The number of nitrogens with zero attached hydrogens (tertiary/aromatic N) is 3. The summed E-state index contributed by atoms with van der Waals surface area (Å²) in [6, 6.07) is -1.24. The molecule has 4 atom stereocenters. The molecule has 0 aliphatic heterocycles. The number of benzene rings is 1. The molecule has 0 saturated heterocycles. The van der Waals surface area contributed by atoms with Gasteiger partial charge in [0, 0.05) is 25.6 Å². The highest BCUT2D eigenvalue weighted by Crippen LogP contribution is 2.55. The SMILES string of the molecule is CN(C)CC(=O)Nc1c(O)c2c(c(N(C)C)c1F)CC1CC3[C@H](N(C)C)C(=O)C(C(N)=O)=C(O)C3(O)C(=O)C1=C2O. The molecular weight excluding hydrogens is 541 g/mol. The maximum atomic E-state index is 15.8. The number of nitrogens with two attached hydrogens (primary N) is 1. The number of ketones is 2. The number of carbonyl (C=O) groups excluding carboxylic acids is 4. The van der Waals surface area contributed by atoms with E-state index in [1.54, 1.807) is 14.1 Å². The Bertz CT molecular complexity index is 1450. The first-order chi connectivity index (χ1) is 19.0. The van der Waals surface area contributed by atoms with Crippen molar-refractivity contribution in [2.45, 2.75) is 24.5 Å². The van der Waals surface area contributed by atoms with Crippen molar-refractivity contribution in [1.82, 2.24) is 9.80 Å². The molecule has 14 heteroatoms. The van der Waals surface area contributed by atoms with Gasteiger partial charge >= 0.3 is 0 Å². The number of nitrogens with one attached hydrogen (secondary N) is 1. The normalized spacial score (nSPS) is 25.8. The lowest BCUT2D eigenvalue weighted by molar-refractivity contribution is -0.153. The molecule has 1 aromatic rings. The Labute approximate surface area is 235 Å². The summed E-state index contributed by atoms with van der Waals surface area (Å²) >= 11 is 0. The first kappa shape index (κ1) is 30.0. The molecule has 7 N–H and O–H groups in total. The summed E-state index contributed by atoms with van der Waals surface area (Å²) in [4.78, 5) is 56.1. The quantitative estimate of drug-likeness (QED) is 0.192. The number of hydrogen-bond donors (Lipinski definition) is 6. The standard InChI is InChI=1S/C27H34FN5O8/c1-31(2)9-13(34)30-18-17(28)19(32(3)4)11-7-10-8-12-20(33(5)6)23(37)16(26(29)40)25(39)27(12,41)24(38)14(10)21(35)15(11)22(18)36/h10,12,20,35-36,39,41H,7-9H2,1-6H3,(H2,29,40)(H,30,34)/t10?,12?,20-,27?/m0/s1. The summed E-state index contributed by atoms with van der Waals surface area (Å²) in [5.74, 6) is -9.96. The first-order valence-corrected chi connectivity index (χ1v) is 12.8. The lowest BCUT2D eigenvalue weighted by Crippen LogP contribution is -2.65. The number of aliphatic hydroxyl groups is 3. The average molecular weight is 576 g/mol. The number of halogens is 1. The van der Waals surface area contributed by atoms with Gasteiger partial charge in [-0.1, -0.05) is 0 Å². The summed E-state index contributed by atoms with van der Waals surface area (Å²) in [7, 11) is 9.28. The van der Waals surface area contributed by atoms with E-state index in [2.05, 4.69) is 5.32 Å². The number of aliphatic hydroxyl groups excluding tert-OH is 2. The van der Waals surface area contributed by atoms with Crippen molar-refractivity contribution >= 4 is 40.5 Å². The van der Waals surface area contributed by atoms with Gasteiger partial charge in [0.1, 0.15) is 22.8 Å². The van der Waals surface area contributed by atoms with Crippen molar-refractivity contribution in [1.29, 1.82) is 0 Å². The van der Waals surface area contributed by atoms with Crippen LogP contribution in [0.4, 0.5) is 15.8 Å². The van der Waals surface area contributed by atoms with Crippen LogP contribution >= 0.6 is 0 Å². The molecule has 1 fully saturated rings. The van der Waals surface area contributed by atoms with E-state index in [1.165, 1.54) is 42.9 Å². The van der Waals surface area contributed by atoms with Crippen LogP contribution in [0.3, 0.4) is 0 Å². The molecule has 3 aliphatic carbocycles. The second-order valence-corrected chi connectivity index (χ2v) is 11.4. The van der Waals surface area contributed by atoms with Gasteiger partial charge in [-0.15, -0.1) is 0 Å². The maximum absolute atomic E-state index is 15.8. The minimum Gasteiger partial charge on any atom is -0.508 e. The molecule has 3 aliphatic rings. The molecule has 4 rings (SSSR count). The number of likely N-dealkylation sites (N-methyl/N-ethyl adjacent to an activating group) is 2. The van der Waals surface area contributed by atoms with Crippen LogP contribution in [0.25, 0.3) is 5.76 Å². The summed E-state index contributed by atoms with van der Waals surface area (Å²) < 4.78 is 15.8. The topological polar surface area (TPSA) is 197 Å². The van der Waals surface area contributed by atoms with Crippen LogP contribution in [0.15, 0.2) is 16.9 Å². The van der Waals surface area contributed by atoms with E-state index in [0.717, 1.165) is 0 Å². The molecule has 0 radical (unpaired) electrons. The third-order valence-corrected chi connectivity index (χ3v) is 7.97. The monoisotopic (exact) mass is 575 g/mol. The summed E-state index contributed by atoms with van der Waals surface area (Å²) in [5, 5.41) is 47.6. The van der Waals surface area contributed by atoms with Crippen LogP contribution < -0.4 is 16.0 Å². The number of fused-ring (bicyclic) bond motifs is 3. The molecule has 0 spiro atoms. The molecule has 41 heavy (non-hydrogen) atoms. The molecule has 0 aromatic heterocycles. The highest BCUT2D eigenvalue weighted by Gasteiger charge is 2.64. The Balaban J connectivity index is 1.98. The van der Waals surface area contributed by atoms with E-state index in [1.807, 2.05) is 0 Å². The van der Waals surface area contributed by atoms with Crippen molar-refractivity contribution in [3.05, 3.63) is 33.8 Å². The number of rotatable bonds is 6. The van der Waals surface area contributed by atoms with Crippen molar-refractivity contribution < 1.29 is 44.0 Å². The maximum Gasteiger partial charge on any atom is 0.255 e. The summed E-state index contributed by atoms with van der Waals surface area (Å²) in [6.07, 6.45) is -0.235. The fourth-order valence-electron chi connectivity index (χ4n) is 6.37. The predicted molar refractivity (Wildman–Crippen MR) is 146 cm³/mol. The first-order valence-electron chi connectivity index (χ1n) is 12.8. The van der Waals surface area contributed by atoms with Crippen molar-refractivity contribution in [3.63, 3.8) is 0 Å². The van der Waals surface area contributed by atoms with Gasteiger partial charge in [0.2, 0.25) is 11.7 Å². The average Bonchev–Trinajstić information content (AvgIpc) is 2.82. The lowest BCUT2D eigenvalue weighted by atomic mass is 9.57. The molecule has 1 aromatic carbocycles. The molecule has 0 bridgehead atoms. The van der Waals surface area contributed by atoms with Crippen LogP contribution in [0.5, 0.6) is 5.75 Å². The number of Topliss-reactive ketones (excluding diaryl/α,β-unsaturated/α-hetero) is 2. The minimum atomic E-state index is -2.80. The fourth-order valence-corrected chi connectivity index (χ4v) is 6.37. The molecule has 1 saturated carbocycles. The van der Waals surface area contributed by atoms with Gasteiger partial charge in [0.05, 0.1) is 23.8 Å². The van der Waals surface area contributed by atoms with E-state index in [4.69, 9.17) is 5.73 Å². The lowest BCUT2D eigenvalue weighted by Gasteiger charge is -2.50. The third-order valence-electron chi connectivity index (χ3n) is 7.97. The fraction of sp³-hybridized carbons (Fsp3) is 0.481. The van der Waals surface area contributed by atoms with Gasteiger partial charge < -0.3 is 41.3 Å². The number of primary amides is 1. The zero-order chi connectivity index (χ0) is 30.9. The van der Waals surface area contributed by atoms with Gasteiger partial charge in [0.25, 0.3) is 5.91 Å². The Morgan fingerprint density at radius 2 is 1.71 bits per heavy atom. The largest absolute Gasteiger partial charge is 0.508 e. The van der Waals surface area contributed by atoms with Gasteiger partial charge in [-0.2, -0.15) is 0 Å². The van der Waals surface area contributed by atoms with E-state index in [9.17, 15) is 39.6 Å². The summed E-state index contributed by atoms with van der Waals surface area (Å²) in [5.41, 5.74) is 0.381. The van der Waals surface area contributed by atoms with Gasteiger partial charge in [-0.05, 0) is 52.5 Å². The second-order valence-electron chi connectivity index (χ2n) is 11.4. The Hall–Kier alpha value is -4.01. The molecule has 0 heterocycles. The van der Waals surface area contributed by atoms with Crippen molar-refractivity contribution in [2.24, 2.45) is 17.6 Å². The van der Waals surface area contributed by atoms with Crippen molar-refractivity contribution in [2.75, 3.05) is 59.0 Å². The molecule has 3 unspecified atom stereocenters. The van der Waals surface area contributed by atoms with E-state index in [-0.39, 0.29) is 41.8 Å². The third kappa shape index (κ3) is 4.33. The van der Waals surface area contributed by atoms with Gasteiger partial charge in [-0.25, -0.2) is 4.39 Å². The van der Waals surface area contributed by atoms with Crippen LogP contribution in [0.2, 0.25) is 0 Å².